The molecule has 0 saturated carbocycles. The average Bonchev–Trinajstić information content (AvgIpc) is 3.82. The smallest absolute Gasteiger partial charge is 0.340 e. The second kappa shape index (κ2) is 13.0. The number of ether oxygens (including phenoxy) is 1. The van der Waals surface area contributed by atoms with E-state index in [2.05, 4.69) is 10.2 Å². The van der Waals surface area contributed by atoms with Crippen molar-refractivity contribution in [2.75, 3.05) is 12.0 Å². The van der Waals surface area contributed by atoms with Gasteiger partial charge in [0.25, 0.3) is 10.0 Å². The van der Waals surface area contributed by atoms with Crippen LogP contribution in [0.2, 0.25) is 0 Å². The van der Waals surface area contributed by atoms with E-state index in [9.17, 15) is 13.2 Å². The van der Waals surface area contributed by atoms with Crippen LogP contribution in [0.1, 0.15) is 21.5 Å². The van der Waals surface area contributed by atoms with Gasteiger partial charge in [-0.05, 0) is 41.5 Å². The Labute approximate surface area is 277 Å². The molecule has 0 unspecified atom stereocenters. The molecule has 0 aliphatic carbocycles. The predicted octanol–water partition coefficient (Wildman–Crippen LogP) is 6.51. The summed E-state index contributed by atoms with van der Waals surface area (Å²) in [7, 11) is -2.97. The molecule has 48 heavy (non-hydrogen) atoms. The summed E-state index contributed by atoms with van der Waals surface area (Å²) in [6, 6.07) is 37.0. The lowest BCUT2D eigenvalue weighted by Crippen LogP contribution is -2.25. The number of benzene rings is 4. The molecule has 3 aromatic heterocycles. The second-order valence-electron chi connectivity index (χ2n) is 11.1. The van der Waals surface area contributed by atoms with Crippen molar-refractivity contribution in [3.8, 4) is 16.9 Å². The Morgan fingerprint density at radius 2 is 1.38 bits per heavy atom. The molecule has 238 valence electrons. The molecule has 0 aliphatic heterocycles. The van der Waals surface area contributed by atoms with Crippen LogP contribution in [-0.2, 0) is 27.8 Å². The summed E-state index contributed by atoms with van der Waals surface area (Å²) in [6.07, 6.45) is 4.59. The Bertz CT molecular complexity index is 2270. The molecule has 11 heteroatoms. The number of hydrogen-bond acceptors (Lipinski definition) is 8. The third kappa shape index (κ3) is 5.82. The van der Waals surface area contributed by atoms with Crippen LogP contribution in [0.3, 0.4) is 0 Å². The Balaban J connectivity index is 1.56. The molecule has 0 atom stereocenters. The molecular weight excluding hydrogens is 625 g/mol. The largest absolute Gasteiger partial charge is 0.465 e. The molecule has 0 fully saturated rings. The molecule has 0 saturated heterocycles. The number of esters is 1. The first-order chi connectivity index (χ1) is 23.4. The van der Waals surface area contributed by atoms with Crippen LogP contribution in [-0.4, -0.2) is 45.4 Å². The van der Waals surface area contributed by atoms with E-state index in [1.54, 1.807) is 48.8 Å². The maximum absolute atomic E-state index is 14.8. The summed E-state index contributed by atoms with van der Waals surface area (Å²) in [6.45, 7) is 0.837. The first-order valence-electron chi connectivity index (χ1n) is 15.2. The van der Waals surface area contributed by atoms with Gasteiger partial charge in [-0.3, -0.25) is 0 Å². The fourth-order valence-corrected chi connectivity index (χ4v) is 7.32. The normalized spacial score (nSPS) is 11.4. The summed E-state index contributed by atoms with van der Waals surface area (Å²) >= 11 is 0. The molecule has 0 amide bonds. The number of hydrogen-bond donors (Lipinski definition) is 0. The van der Waals surface area contributed by atoms with Crippen LogP contribution in [0.15, 0.2) is 145 Å². The zero-order valence-electron chi connectivity index (χ0n) is 25.9. The molecule has 7 rings (SSSR count). The van der Waals surface area contributed by atoms with Gasteiger partial charge in [-0.2, -0.15) is 15.0 Å². The van der Waals surface area contributed by atoms with Crippen molar-refractivity contribution in [2.45, 2.75) is 18.0 Å². The molecule has 0 radical (unpaired) electrons. The maximum Gasteiger partial charge on any atom is 0.340 e. The van der Waals surface area contributed by atoms with Gasteiger partial charge >= 0.3 is 5.97 Å². The van der Waals surface area contributed by atoms with E-state index in [1.165, 1.54) is 22.1 Å². The monoisotopic (exact) mass is 654 g/mol. The van der Waals surface area contributed by atoms with Crippen LogP contribution in [0.25, 0.3) is 27.8 Å². The molecule has 0 spiro atoms. The van der Waals surface area contributed by atoms with Crippen LogP contribution in [0, 0.1) is 0 Å². The number of carbonyl (C=O) groups excluding carboxylic acids is 1. The van der Waals surface area contributed by atoms with Crippen LogP contribution in [0.4, 0.5) is 5.82 Å². The predicted molar refractivity (Wildman–Crippen MR) is 183 cm³/mol. The fourth-order valence-electron chi connectivity index (χ4n) is 5.77. The Kier molecular flexibility index (Phi) is 8.26. The summed E-state index contributed by atoms with van der Waals surface area (Å²) in [5, 5.41) is 8.89. The number of pyridine rings is 1. The van der Waals surface area contributed by atoms with Gasteiger partial charge in [0.1, 0.15) is 5.52 Å². The van der Waals surface area contributed by atoms with E-state index >= 15 is 0 Å². The summed E-state index contributed by atoms with van der Waals surface area (Å²) in [4.78, 5) is 21.6. The summed E-state index contributed by atoms with van der Waals surface area (Å²) in [5.74, 6) is -0.243. The molecule has 7 aromatic rings. The zero-order valence-corrected chi connectivity index (χ0v) is 26.7. The average molecular weight is 655 g/mol. The van der Waals surface area contributed by atoms with E-state index in [0.717, 1.165) is 11.1 Å². The van der Waals surface area contributed by atoms with Crippen molar-refractivity contribution >= 4 is 32.7 Å². The molecule has 4 aromatic carbocycles. The molecule has 10 nitrogen and oxygen atoms in total. The number of methoxy groups -OCH3 is 1. The first kappa shape index (κ1) is 30.6. The number of nitrogens with zero attached hydrogens (tertiary/aromatic N) is 6. The van der Waals surface area contributed by atoms with Crippen molar-refractivity contribution in [1.82, 2.24) is 24.0 Å². The van der Waals surface area contributed by atoms with Gasteiger partial charge in [0.2, 0.25) is 0 Å². The highest BCUT2D eigenvalue weighted by molar-refractivity contribution is 7.90. The molecule has 0 bridgehead atoms. The van der Waals surface area contributed by atoms with Crippen molar-refractivity contribution in [2.24, 2.45) is 0 Å². The minimum atomic E-state index is -4.26. The van der Waals surface area contributed by atoms with E-state index in [1.807, 2.05) is 89.8 Å². The molecule has 0 N–H and O–H groups in total. The summed E-state index contributed by atoms with van der Waals surface area (Å²) in [5.41, 5.74) is 3.94. The van der Waals surface area contributed by atoms with Crippen LogP contribution in [0.5, 0.6) is 0 Å². The lowest BCUT2D eigenvalue weighted by atomic mass is 10.1. The highest BCUT2D eigenvalue weighted by Gasteiger charge is 2.30. The molecular formula is C37H30N6O4S. The highest BCUT2D eigenvalue weighted by Crippen LogP contribution is 2.39. The van der Waals surface area contributed by atoms with Gasteiger partial charge < -0.3 is 9.64 Å². The number of anilines is 1. The van der Waals surface area contributed by atoms with E-state index in [4.69, 9.17) is 9.72 Å². The SMILES string of the molecule is COC(=O)c1cnc(N(Cc2ccccc2)Cc2ccccc2)c2c1cc(-c1cccc(-n3nccn3)c1)n2S(=O)(=O)c1ccccc1. The van der Waals surface area contributed by atoms with Gasteiger partial charge in [0.15, 0.2) is 5.82 Å². The maximum atomic E-state index is 14.8. The standard InChI is InChI=1S/C37H30N6O4S/c1-47-37(44)33-24-38-36(41(25-27-12-5-2-6-13-27)26-28-14-7-3-8-15-28)35-32(33)23-34(42(35)48(45,46)31-18-9-4-10-19-31)29-16-11-17-30(22-29)43-39-20-21-40-43/h2-24H,25-26H2,1H3. The van der Waals surface area contributed by atoms with Crippen molar-refractivity contribution < 1.29 is 17.9 Å². The Morgan fingerprint density at radius 3 is 1.98 bits per heavy atom. The van der Waals surface area contributed by atoms with Gasteiger partial charge in [0, 0.05) is 30.2 Å². The number of aromatic nitrogens is 5. The van der Waals surface area contributed by atoms with Gasteiger partial charge in [-0.15, -0.1) is 0 Å². The number of fused-ring (bicyclic) bond motifs is 1. The van der Waals surface area contributed by atoms with Gasteiger partial charge in [-0.25, -0.2) is 22.2 Å². The highest BCUT2D eigenvalue weighted by atomic mass is 32.2. The lowest BCUT2D eigenvalue weighted by molar-refractivity contribution is 0.0602. The Morgan fingerprint density at radius 1 is 0.771 bits per heavy atom. The van der Waals surface area contributed by atoms with E-state index < -0.39 is 16.0 Å². The third-order valence-corrected chi connectivity index (χ3v) is 9.71. The van der Waals surface area contributed by atoms with Crippen molar-refractivity contribution in [1.29, 1.82) is 0 Å². The minimum Gasteiger partial charge on any atom is -0.465 e. The van der Waals surface area contributed by atoms with Crippen molar-refractivity contribution in [3.05, 3.63) is 157 Å². The number of rotatable bonds is 10. The third-order valence-electron chi connectivity index (χ3n) is 7.99. The lowest BCUT2D eigenvalue weighted by Gasteiger charge is -2.26. The number of carbonyl (C=O) groups is 1. The Hall–Kier alpha value is -6.07. The first-order valence-corrected chi connectivity index (χ1v) is 16.6. The second-order valence-corrected chi connectivity index (χ2v) is 12.8. The van der Waals surface area contributed by atoms with E-state index in [0.29, 0.717) is 41.2 Å². The zero-order chi connectivity index (χ0) is 33.1. The molecule has 3 heterocycles. The molecule has 0 aliphatic rings. The van der Waals surface area contributed by atoms with Gasteiger partial charge in [-0.1, -0.05) is 91.0 Å². The van der Waals surface area contributed by atoms with E-state index in [-0.39, 0.29) is 16.0 Å². The van der Waals surface area contributed by atoms with Crippen LogP contribution < -0.4 is 4.90 Å². The summed E-state index contributed by atoms with van der Waals surface area (Å²) < 4.78 is 36.1. The quantitative estimate of drug-likeness (QED) is 0.153. The fraction of sp³-hybridized carbons (Fsp3) is 0.0811. The topological polar surface area (TPSA) is 112 Å². The minimum absolute atomic E-state index is 0.0840. The van der Waals surface area contributed by atoms with Crippen LogP contribution >= 0.6 is 0 Å². The van der Waals surface area contributed by atoms with Gasteiger partial charge in [0.05, 0.1) is 41.3 Å². The van der Waals surface area contributed by atoms with Crippen molar-refractivity contribution in [3.63, 3.8) is 0 Å².